The van der Waals surface area contributed by atoms with Crippen molar-refractivity contribution in [2.45, 2.75) is 5.54 Å². The van der Waals surface area contributed by atoms with Crippen LogP contribution in [0.25, 0.3) is 21.8 Å². The van der Waals surface area contributed by atoms with Gasteiger partial charge in [-0.15, -0.1) is 0 Å². The number of anilines is 1. The number of para-hydroxylation sites is 2. The SMILES string of the molecule is O=C1c2cc(Br)ccc2NC1(c1c[nH]c2ccccc12)c1c[nH]c2ccccc12. The summed E-state index contributed by atoms with van der Waals surface area (Å²) in [5, 5.41) is 5.67. The van der Waals surface area contributed by atoms with Gasteiger partial charge in [0.05, 0.1) is 0 Å². The molecule has 5 heteroatoms. The van der Waals surface area contributed by atoms with E-state index < -0.39 is 5.54 Å². The van der Waals surface area contributed by atoms with Crippen molar-refractivity contribution in [2.24, 2.45) is 0 Å². The highest BCUT2D eigenvalue weighted by molar-refractivity contribution is 9.10. The van der Waals surface area contributed by atoms with E-state index in [-0.39, 0.29) is 5.78 Å². The molecule has 0 amide bonds. The number of hydrogen-bond donors (Lipinski definition) is 3. The fourth-order valence-electron chi connectivity index (χ4n) is 4.56. The average Bonchev–Trinajstić information content (AvgIpc) is 3.43. The molecule has 3 aromatic carbocycles. The van der Waals surface area contributed by atoms with Gasteiger partial charge in [0.25, 0.3) is 0 Å². The summed E-state index contributed by atoms with van der Waals surface area (Å²) in [4.78, 5) is 20.7. The summed E-state index contributed by atoms with van der Waals surface area (Å²) < 4.78 is 0.889. The van der Waals surface area contributed by atoms with Gasteiger partial charge in [0.1, 0.15) is 0 Å². The summed E-state index contributed by atoms with van der Waals surface area (Å²) >= 11 is 3.51. The van der Waals surface area contributed by atoms with Crippen LogP contribution in [0.3, 0.4) is 0 Å². The van der Waals surface area contributed by atoms with Gasteiger partial charge < -0.3 is 15.3 Å². The maximum atomic E-state index is 14.0. The summed E-state index contributed by atoms with van der Waals surface area (Å²) in [6, 6.07) is 22.0. The zero-order valence-corrected chi connectivity index (χ0v) is 16.9. The molecule has 0 saturated carbocycles. The fourth-order valence-corrected chi connectivity index (χ4v) is 4.92. The molecule has 1 aliphatic rings. The predicted molar refractivity (Wildman–Crippen MR) is 119 cm³/mol. The Morgan fingerprint density at radius 1 is 0.759 bits per heavy atom. The Hall–Kier alpha value is -3.31. The molecule has 4 nitrogen and oxygen atoms in total. The molecule has 3 N–H and O–H groups in total. The van der Waals surface area contributed by atoms with Gasteiger partial charge in [0, 0.05) is 61.0 Å². The molecule has 140 valence electrons. The third kappa shape index (κ3) is 2.16. The standard InChI is InChI=1S/C24H16BrN3O/c25-14-9-10-22-17(11-14)23(29)24(28-22,18-12-26-20-7-3-1-5-15(18)20)19-13-27-21-8-4-2-6-16(19)21/h1-13,26-28H. The predicted octanol–water partition coefficient (Wildman–Crippen LogP) is 5.96. The molecule has 2 aromatic heterocycles. The molecule has 0 saturated heterocycles. The van der Waals surface area contributed by atoms with Gasteiger partial charge in [0.15, 0.2) is 11.3 Å². The topological polar surface area (TPSA) is 60.7 Å². The number of rotatable bonds is 2. The number of ketones is 1. The summed E-state index contributed by atoms with van der Waals surface area (Å²) in [7, 11) is 0. The highest BCUT2D eigenvalue weighted by atomic mass is 79.9. The maximum absolute atomic E-state index is 14.0. The van der Waals surface area contributed by atoms with Crippen LogP contribution in [-0.2, 0) is 5.54 Å². The molecule has 6 rings (SSSR count). The Labute approximate surface area is 175 Å². The number of halogens is 1. The number of carbonyl (C=O) groups is 1. The first-order valence-electron chi connectivity index (χ1n) is 9.44. The fraction of sp³-hybridized carbons (Fsp3) is 0.0417. The van der Waals surface area contributed by atoms with Crippen LogP contribution in [0.1, 0.15) is 21.5 Å². The van der Waals surface area contributed by atoms with E-state index in [1.54, 1.807) is 0 Å². The highest BCUT2D eigenvalue weighted by Gasteiger charge is 2.50. The second-order valence-corrected chi connectivity index (χ2v) is 8.31. The molecule has 0 atom stereocenters. The molecule has 3 heterocycles. The van der Waals surface area contributed by atoms with Crippen LogP contribution in [0, 0.1) is 0 Å². The Morgan fingerprint density at radius 3 is 1.97 bits per heavy atom. The lowest BCUT2D eigenvalue weighted by atomic mass is 9.79. The van der Waals surface area contributed by atoms with E-state index in [1.165, 1.54) is 0 Å². The zero-order valence-electron chi connectivity index (χ0n) is 15.3. The summed E-state index contributed by atoms with van der Waals surface area (Å²) in [6.07, 6.45) is 3.91. The monoisotopic (exact) mass is 441 g/mol. The molecule has 0 spiro atoms. The van der Waals surface area contributed by atoms with Crippen LogP contribution >= 0.6 is 15.9 Å². The van der Waals surface area contributed by atoms with Gasteiger partial charge in [-0.2, -0.15) is 0 Å². The number of aromatic amines is 2. The number of carbonyl (C=O) groups excluding carboxylic acids is 1. The number of benzene rings is 3. The molecule has 0 aliphatic carbocycles. The maximum Gasteiger partial charge on any atom is 0.199 e. The van der Waals surface area contributed by atoms with E-state index >= 15 is 0 Å². The van der Waals surface area contributed by atoms with Crippen molar-refractivity contribution in [2.75, 3.05) is 5.32 Å². The Morgan fingerprint density at radius 2 is 1.34 bits per heavy atom. The van der Waals surface area contributed by atoms with Crippen molar-refractivity contribution in [3.63, 3.8) is 0 Å². The van der Waals surface area contributed by atoms with E-state index in [2.05, 4.69) is 43.3 Å². The molecular formula is C24H16BrN3O. The molecule has 0 fully saturated rings. The van der Waals surface area contributed by atoms with Gasteiger partial charge in [-0.3, -0.25) is 4.79 Å². The molecular weight excluding hydrogens is 426 g/mol. The van der Waals surface area contributed by atoms with E-state index in [1.807, 2.05) is 67.0 Å². The second-order valence-electron chi connectivity index (χ2n) is 7.39. The minimum absolute atomic E-state index is 0.0447. The molecule has 0 unspecified atom stereocenters. The highest BCUT2D eigenvalue weighted by Crippen LogP contribution is 2.48. The zero-order chi connectivity index (χ0) is 19.6. The Kier molecular flexibility index (Phi) is 3.35. The lowest BCUT2D eigenvalue weighted by Crippen LogP contribution is -2.39. The Bertz CT molecular complexity index is 1350. The normalized spacial score (nSPS) is 15.0. The van der Waals surface area contributed by atoms with Crippen LogP contribution < -0.4 is 5.32 Å². The van der Waals surface area contributed by atoms with Crippen molar-refractivity contribution < 1.29 is 4.79 Å². The van der Waals surface area contributed by atoms with Gasteiger partial charge in [-0.1, -0.05) is 52.3 Å². The third-order valence-electron chi connectivity index (χ3n) is 5.88. The Balaban J connectivity index is 1.72. The first-order chi connectivity index (χ1) is 14.2. The summed E-state index contributed by atoms with van der Waals surface area (Å²) in [6.45, 7) is 0. The molecule has 1 aliphatic heterocycles. The third-order valence-corrected chi connectivity index (χ3v) is 6.37. The lowest BCUT2D eigenvalue weighted by molar-refractivity contribution is 0.0942. The molecule has 0 bridgehead atoms. The van der Waals surface area contributed by atoms with E-state index in [4.69, 9.17) is 0 Å². The van der Waals surface area contributed by atoms with Crippen LogP contribution in [0.2, 0.25) is 0 Å². The minimum Gasteiger partial charge on any atom is -0.365 e. The van der Waals surface area contributed by atoms with Crippen LogP contribution in [0.15, 0.2) is 83.6 Å². The van der Waals surface area contributed by atoms with Gasteiger partial charge in [-0.05, 0) is 30.3 Å². The van der Waals surface area contributed by atoms with E-state index in [0.29, 0.717) is 5.56 Å². The first-order valence-corrected chi connectivity index (χ1v) is 10.2. The van der Waals surface area contributed by atoms with Crippen molar-refractivity contribution in [3.8, 4) is 0 Å². The van der Waals surface area contributed by atoms with Crippen molar-refractivity contribution in [3.05, 3.63) is 100 Å². The number of nitrogens with one attached hydrogen (secondary N) is 3. The smallest absolute Gasteiger partial charge is 0.199 e. The lowest BCUT2D eigenvalue weighted by Gasteiger charge is -2.28. The quantitative estimate of drug-likeness (QED) is 0.316. The van der Waals surface area contributed by atoms with Crippen LogP contribution in [0.4, 0.5) is 5.69 Å². The number of H-pyrrole nitrogens is 2. The average molecular weight is 442 g/mol. The van der Waals surface area contributed by atoms with Crippen molar-refractivity contribution >= 4 is 49.2 Å². The first kappa shape index (κ1) is 16.6. The summed E-state index contributed by atoms with van der Waals surface area (Å²) in [5.41, 5.74) is 4.39. The largest absolute Gasteiger partial charge is 0.365 e. The van der Waals surface area contributed by atoms with Crippen molar-refractivity contribution in [1.82, 2.24) is 9.97 Å². The van der Waals surface area contributed by atoms with Gasteiger partial charge >= 0.3 is 0 Å². The molecule has 5 aromatic rings. The van der Waals surface area contributed by atoms with Gasteiger partial charge in [-0.25, -0.2) is 0 Å². The minimum atomic E-state index is -1.01. The molecule has 29 heavy (non-hydrogen) atoms. The van der Waals surface area contributed by atoms with E-state index in [0.717, 1.165) is 43.1 Å². The second kappa shape index (κ2) is 5.84. The number of hydrogen-bond acceptors (Lipinski definition) is 2. The summed E-state index contributed by atoms with van der Waals surface area (Å²) in [5.74, 6) is 0.0447. The van der Waals surface area contributed by atoms with Crippen LogP contribution in [0.5, 0.6) is 0 Å². The molecule has 0 radical (unpaired) electrons. The van der Waals surface area contributed by atoms with Crippen LogP contribution in [-0.4, -0.2) is 15.8 Å². The number of fused-ring (bicyclic) bond motifs is 3. The van der Waals surface area contributed by atoms with Gasteiger partial charge in [0.2, 0.25) is 0 Å². The van der Waals surface area contributed by atoms with Crippen molar-refractivity contribution in [1.29, 1.82) is 0 Å². The number of aromatic nitrogens is 2. The van der Waals surface area contributed by atoms with E-state index in [9.17, 15) is 4.79 Å². The number of Topliss-reactive ketones (excluding diaryl/α,β-unsaturated/α-hetero) is 1.